The van der Waals surface area contributed by atoms with Gasteiger partial charge in [-0.3, -0.25) is 4.79 Å². The Morgan fingerprint density at radius 2 is 2.18 bits per heavy atom. The number of hydrogen-bond donors (Lipinski definition) is 2. The predicted molar refractivity (Wildman–Crippen MR) is 59.0 cm³/mol. The Morgan fingerprint density at radius 3 is 2.76 bits per heavy atom. The Morgan fingerprint density at radius 1 is 1.47 bits per heavy atom. The maximum Gasteiger partial charge on any atom is 0.240 e. The van der Waals surface area contributed by atoms with Gasteiger partial charge in [-0.1, -0.05) is 0 Å². The standard InChI is InChI=1S/C11H18N2O4/c12-9-11(1-5-16-6-2-11)10(15)13-3-7-17-8-4-14/h14H,1-8H2,(H,13,15). The smallest absolute Gasteiger partial charge is 0.240 e. The molecule has 0 radical (unpaired) electrons. The maximum atomic E-state index is 11.9. The van der Waals surface area contributed by atoms with E-state index in [1.807, 2.05) is 0 Å². The summed E-state index contributed by atoms with van der Waals surface area (Å²) in [6, 6.07) is 2.10. The first kappa shape index (κ1) is 13.9. The minimum atomic E-state index is -0.949. The van der Waals surface area contributed by atoms with Crippen molar-refractivity contribution in [2.24, 2.45) is 5.41 Å². The molecule has 1 fully saturated rings. The van der Waals surface area contributed by atoms with Gasteiger partial charge >= 0.3 is 0 Å². The quantitative estimate of drug-likeness (QED) is 0.609. The predicted octanol–water partition coefficient (Wildman–Crippen LogP) is -0.568. The van der Waals surface area contributed by atoms with Gasteiger partial charge in [0.25, 0.3) is 0 Å². The fourth-order valence-corrected chi connectivity index (χ4v) is 1.68. The number of nitriles is 1. The maximum absolute atomic E-state index is 11.9. The summed E-state index contributed by atoms with van der Waals surface area (Å²) in [5.74, 6) is -0.254. The number of aliphatic hydroxyl groups excluding tert-OH is 1. The topological polar surface area (TPSA) is 91.6 Å². The second kappa shape index (κ2) is 7.22. The normalized spacial score (nSPS) is 18.4. The number of nitrogens with zero attached hydrogens (tertiary/aromatic N) is 1. The lowest BCUT2D eigenvalue weighted by Crippen LogP contribution is -2.44. The molecule has 0 aliphatic carbocycles. The van der Waals surface area contributed by atoms with Crippen molar-refractivity contribution < 1.29 is 19.4 Å². The first-order valence-electron chi connectivity index (χ1n) is 5.71. The van der Waals surface area contributed by atoms with Crippen LogP contribution in [0.2, 0.25) is 0 Å². The summed E-state index contributed by atoms with van der Waals surface area (Å²) in [7, 11) is 0. The number of carbonyl (C=O) groups is 1. The lowest BCUT2D eigenvalue weighted by molar-refractivity contribution is -0.132. The molecule has 0 spiro atoms. The van der Waals surface area contributed by atoms with Gasteiger partial charge < -0.3 is 19.9 Å². The molecule has 1 saturated heterocycles. The van der Waals surface area contributed by atoms with E-state index in [4.69, 9.17) is 19.8 Å². The van der Waals surface area contributed by atoms with Gasteiger partial charge in [0.15, 0.2) is 0 Å². The van der Waals surface area contributed by atoms with Crippen LogP contribution < -0.4 is 5.32 Å². The van der Waals surface area contributed by atoms with Crippen molar-refractivity contribution in [2.75, 3.05) is 39.6 Å². The summed E-state index contributed by atoms with van der Waals surface area (Å²) in [5, 5.41) is 20.3. The van der Waals surface area contributed by atoms with E-state index >= 15 is 0 Å². The zero-order chi connectivity index (χ0) is 12.6. The summed E-state index contributed by atoms with van der Waals surface area (Å²) < 4.78 is 10.2. The Balaban J connectivity index is 2.32. The fraction of sp³-hybridized carbons (Fsp3) is 0.818. The summed E-state index contributed by atoms with van der Waals surface area (Å²) in [6.07, 6.45) is 0.875. The number of amides is 1. The molecule has 96 valence electrons. The molecule has 1 aliphatic rings. The van der Waals surface area contributed by atoms with Crippen molar-refractivity contribution in [1.29, 1.82) is 5.26 Å². The van der Waals surface area contributed by atoms with E-state index in [1.165, 1.54) is 0 Å². The molecule has 1 heterocycles. The Labute approximate surface area is 101 Å². The third kappa shape index (κ3) is 3.97. The Hall–Kier alpha value is -1.16. The van der Waals surface area contributed by atoms with Gasteiger partial charge in [-0.2, -0.15) is 5.26 Å². The third-order valence-electron chi connectivity index (χ3n) is 2.76. The van der Waals surface area contributed by atoms with Gasteiger partial charge in [-0.05, 0) is 12.8 Å². The molecule has 0 unspecified atom stereocenters. The Bertz CT molecular complexity index is 282. The van der Waals surface area contributed by atoms with Crippen LogP contribution in [0.5, 0.6) is 0 Å². The van der Waals surface area contributed by atoms with Crippen LogP contribution in [0, 0.1) is 16.7 Å². The second-order valence-electron chi connectivity index (χ2n) is 3.90. The van der Waals surface area contributed by atoms with Crippen molar-refractivity contribution in [2.45, 2.75) is 12.8 Å². The highest BCUT2D eigenvalue weighted by atomic mass is 16.5. The molecule has 0 aromatic heterocycles. The van der Waals surface area contributed by atoms with Gasteiger partial charge in [0.1, 0.15) is 5.41 Å². The van der Waals surface area contributed by atoms with E-state index < -0.39 is 5.41 Å². The molecule has 6 nitrogen and oxygen atoms in total. The average molecular weight is 242 g/mol. The van der Waals surface area contributed by atoms with Crippen LogP contribution in [0.15, 0.2) is 0 Å². The molecule has 0 bridgehead atoms. The van der Waals surface area contributed by atoms with Crippen LogP contribution in [0.1, 0.15) is 12.8 Å². The van der Waals surface area contributed by atoms with Crippen LogP contribution in [-0.2, 0) is 14.3 Å². The highest BCUT2D eigenvalue weighted by Gasteiger charge is 2.40. The van der Waals surface area contributed by atoms with Gasteiger partial charge in [-0.25, -0.2) is 0 Å². The van der Waals surface area contributed by atoms with Crippen LogP contribution in [0.3, 0.4) is 0 Å². The van der Waals surface area contributed by atoms with E-state index in [2.05, 4.69) is 11.4 Å². The number of ether oxygens (including phenoxy) is 2. The summed E-state index contributed by atoms with van der Waals surface area (Å²) >= 11 is 0. The number of hydrogen-bond acceptors (Lipinski definition) is 5. The monoisotopic (exact) mass is 242 g/mol. The van der Waals surface area contributed by atoms with E-state index in [0.717, 1.165) is 0 Å². The molecule has 0 atom stereocenters. The van der Waals surface area contributed by atoms with Gasteiger partial charge in [0.05, 0.1) is 25.9 Å². The molecular formula is C11H18N2O4. The molecular weight excluding hydrogens is 224 g/mol. The third-order valence-corrected chi connectivity index (χ3v) is 2.76. The van der Waals surface area contributed by atoms with E-state index in [1.54, 1.807) is 0 Å². The zero-order valence-corrected chi connectivity index (χ0v) is 9.78. The summed E-state index contributed by atoms with van der Waals surface area (Å²) in [4.78, 5) is 11.9. The minimum absolute atomic E-state index is 0.0343. The van der Waals surface area contributed by atoms with Gasteiger partial charge in [-0.15, -0.1) is 0 Å². The summed E-state index contributed by atoms with van der Waals surface area (Å²) in [5.41, 5.74) is -0.949. The van der Waals surface area contributed by atoms with Gasteiger partial charge in [0, 0.05) is 19.8 Å². The van der Waals surface area contributed by atoms with Crippen molar-refractivity contribution in [3.8, 4) is 6.07 Å². The number of carbonyl (C=O) groups excluding carboxylic acids is 1. The molecule has 1 aliphatic heterocycles. The Kier molecular flexibility index (Phi) is 5.91. The molecule has 0 saturated carbocycles. The lowest BCUT2D eigenvalue weighted by Gasteiger charge is -2.29. The highest BCUT2D eigenvalue weighted by Crippen LogP contribution is 2.29. The van der Waals surface area contributed by atoms with E-state index in [-0.39, 0.29) is 19.1 Å². The summed E-state index contributed by atoms with van der Waals surface area (Å²) in [6.45, 7) is 1.80. The van der Waals surface area contributed by atoms with Crippen molar-refractivity contribution in [3.05, 3.63) is 0 Å². The largest absolute Gasteiger partial charge is 0.394 e. The molecule has 0 aromatic rings. The second-order valence-corrected chi connectivity index (χ2v) is 3.90. The minimum Gasteiger partial charge on any atom is -0.394 e. The van der Waals surface area contributed by atoms with Crippen LogP contribution in [0.25, 0.3) is 0 Å². The highest BCUT2D eigenvalue weighted by molar-refractivity contribution is 5.85. The zero-order valence-electron chi connectivity index (χ0n) is 9.78. The van der Waals surface area contributed by atoms with Crippen molar-refractivity contribution >= 4 is 5.91 Å². The van der Waals surface area contributed by atoms with Crippen molar-refractivity contribution in [3.63, 3.8) is 0 Å². The van der Waals surface area contributed by atoms with Gasteiger partial charge in [0.2, 0.25) is 5.91 Å². The number of nitrogens with one attached hydrogen (secondary N) is 1. The molecule has 1 rings (SSSR count). The van der Waals surface area contributed by atoms with Crippen LogP contribution in [0.4, 0.5) is 0 Å². The van der Waals surface area contributed by atoms with Crippen molar-refractivity contribution in [1.82, 2.24) is 5.32 Å². The first-order chi connectivity index (χ1) is 8.25. The number of rotatable bonds is 6. The van der Waals surface area contributed by atoms with Crippen LogP contribution >= 0.6 is 0 Å². The van der Waals surface area contributed by atoms with E-state index in [0.29, 0.717) is 39.2 Å². The molecule has 6 heteroatoms. The molecule has 17 heavy (non-hydrogen) atoms. The average Bonchev–Trinajstić information content (AvgIpc) is 2.39. The SMILES string of the molecule is N#CC1(C(=O)NCCOCCO)CCOCC1. The fourth-order valence-electron chi connectivity index (χ4n) is 1.68. The van der Waals surface area contributed by atoms with E-state index in [9.17, 15) is 4.79 Å². The molecule has 1 amide bonds. The number of aliphatic hydroxyl groups is 1. The molecule has 2 N–H and O–H groups in total. The van der Waals surface area contributed by atoms with Crippen LogP contribution in [-0.4, -0.2) is 50.6 Å². The first-order valence-corrected chi connectivity index (χ1v) is 5.71. The molecule has 0 aromatic carbocycles. The lowest BCUT2D eigenvalue weighted by atomic mass is 9.81.